The van der Waals surface area contributed by atoms with E-state index >= 15 is 0 Å². The molecule has 152 valence electrons. The Morgan fingerprint density at radius 2 is 1.93 bits per heavy atom. The number of nitro groups is 1. The van der Waals surface area contributed by atoms with Crippen LogP contribution in [-0.2, 0) is 6.54 Å². The summed E-state index contributed by atoms with van der Waals surface area (Å²) in [4.78, 5) is 14.9. The molecule has 0 amide bonds. The van der Waals surface area contributed by atoms with Crippen molar-refractivity contribution in [2.75, 3.05) is 13.7 Å². The normalized spacial score (nSPS) is 11.9. The molecule has 0 bridgehead atoms. The topological polar surface area (TPSA) is 88.8 Å². The van der Waals surface area contributed by atoms with Crippen molar-refractivity contribution in [1.29, 1.82) is 0 Å². The third kappa shape index (κ3) is 6.66. The highest BCUT2D eigenvalue weighted by atomic mass is 127. The molecule has 2 N–H and O–H groups in total. The Morgan fingerprint density at radius 1 is 1.25 bits per heavy atom. The van der Waals surface area contributed by atoms with Crippen LogP contribution in [0.1, 0.15) is 36.6 Å². The molecule has 0 aliphatic heterocycles. The van der Waals surface area contributed by atoms with Crippen LogP contribution in [0.3, 0.4) is 0 Å². The number of nitrogens with one attached hydrogen (secondary N) is 2. The highest BCUT2D eigenvalue weighted by Crippen LogP contribution is 2.26. The van der Waals surface area contributed by atoms with E-state index < -0.39 is 4.92 Å². The number of aliphatic imine (C=N–C) groups is 1. The predicted molar refractivity (Wildman–Crippen MR) is 123 cm³/mol. The van der Waals surface area contributed by atoms with Gasteiger partial charge in [-0.25, -0.2) is 4.99 Å². The van der Waals surface area contributed by atoms with E-state index in [1.54, 1.807) is 19.2 Å². The van der Waals surface area contributed by atoms with E-state index in [1.807, 2.05) is 26.0 Å². The minimum atomic E-state index is -0.407. The average Bonchev–Trinajstić information content (AvgIpc) is 2.66. The van der Waals surface area contributed by atoms with Crippen LogP contribution >= 0.6 is 24.0 Å². The Hall–Kier alpha value is -2.36. The van der Waals surface area contributed by atoms with E-state index in [0.29, 0.717) is 12.5 Å². The van der Waals surface area contributed by atoms with Crippen molar-refractivity contribution in [2.45, 2.75) is 33.4 Å². The maximum absolute atomic E-state index is 10.7. The molecular formula is C20H27IN4O3. The fourth-order valence-electron chi connectivity index (χ4n) is 2.69. The van der Waals surface area contributed by atoms with Gasteiger partial charge in [-0.2, -0.15) is 0 Å². The largest absolute Gasteiger partial charge is 0.496 e. The molecule has 0 spiro atoms. The summed E-state index contributed by atoms with van der Waals surface area (Å²) in [6.45, 7) is 7.25. The first-order valence-corrected chi connectivity index (χ1v) is 8.87. The fraction of sp³-hybridized carbons (Fsp3) is 0.350. The summed E-state index contributed by atoms with van der Waals surface area (Å²) in [6, 6.07) is 12.5. The molecule has 2 rings (SSSR count). The van der Waals surface area contributed by atoms with Gasteiger partial charge < -0.3 is 15.4 Å². The molecule has 1 unspecified atom stereocenters. The lowest BCUT2D eigenvalue weighted by molar-refractivity contribution is -0.384. The zero-order valence-corrected chi connectivity index (χ0v) is 18.9. The molecule has 0 saturated carbocycles. The Morgan fingerprint density at radius 3 is 2.50 bits per heavy atom. The maximum Gasteiger partial charge on any atom is 0.269 e. The predicted octanol–water partition coefficient (Wildman–Crippen LogP) is 4.35. The molecule has 0 aromatic heterocycles. The van der Waals surface area contributed by atoms with Gasteiger partial charge in [-0.15, -0.1) is 24.0 Å². The van der Waals surface area contributed by atoms with Gasteiger partial charge in [-0.1, -0.05) is 29.8 Å². The van der Waals surface area contributed by atoms with Gasteiger partial charge in [-0.3, -0.25) is 10.1 Å². The monoisotopic (exact) mass is 498 g/mol. The van der Waals surface area contributed by atoms with E-state index in [-0.39, 0.29) is 35.7 Å². The van der Waals surface area contributed by atoms with E-state index in [4.69, 9.17) is 4.74 Å². The second-order valence-electron chi connectivity index (χ2n) is 6.23. The first kappa shape index (κ1) is 23.7. The number of hydrogen-bond donors (Lipinski definition) is 2. The number of nitrogens with zero attached hydrogens (tertiary/aromatic N) is 2. The van der Waals surface area contributed by atoms with Crippen LogP contribution < -0.4 is 15.4 Å². The van der Waals surface area contributed by atoms with Gasteiger partial charge in [0.05, 0.1) is 24.6 Å². The van der Waals surface area contributed by atoms with Gasteiger partial charge in [0.25, 0.3) is 5.69 Å². The molecule has 28 heavy (non-hydrogen) atoms. The number of ether oxygens (including phenoxy) is 1. The first-order chi connectivity index (χ1) is 12.9. The number of hydrogen-bond acceptors (Lipinski definition) is 4. The van der Waals surface area contributed by atoms with Gasteiger partial charge in [0, 0.05) is 24.2 Å². The zero-order valence-electron chi connectivity index (χ0n) is 16.6. The number of aryl methyl sites for hydroxylation is 1. The standard InChI is InChI=1S/C20H26N4O3.HI/c1-5-21-20(22-13-16-7-9-17(10-8-16)24(25)26)23-15(3)18-12-14(2)6-11-19(18)27-4;/h6-12,15H,5,13H2,1-4H3,(H2,21,22,23);1H. The van der Waals surface area contributed by atoms with Crippen LogP contribution in [-0.4, -0.2) is 24.5 Å². The molecule has 0 saturated heterocycles. The van der Waals surface area contributed by atoms with Crippen molar-refractivity contribution in [3.8, 4) is 5.75 Å². The minimum absolute atomic E-state index is 0. The van der Waals surface area contributed by atoms with Gasteiger partial charge in [0.15, 0.2) is 5.96 Å². The summed E-state index contributed by atoms with van der Waals surface area (Å²) < 4.78 is 5.47. The molecule has 0 aliphatic rings. The van der Waals surface area contributed by atoms with Crippen molar-refractivity contribution >= 4 is 35.6 Å². The van der Waals surface area contributed by atoms with Crippen molar-refractivity contribution < 1.29 is 9.66 Å². The van der Waals surface area contributed by atoms with Gasteiger partial charge >= 0.3 is 0 Å². The van der Waals surface area contributed by atoms with Crippen LogP contribution in [0.5, 0.6) is 5.75 Å². The number of guanidine groups is 1. The number of nitro benzene ring substituents is 1. The Labute approximate surface area is 182 Å². The molecule has 2 aromatic rings. The molecule has 0 heterocycles. The summed E-state index contributed by atoms with van der Waals surface area (Å²) in [5, 5.41) is 17.4. The Bertz CT molecular complexity index is 810. The lowest BCUT2D eigenvalue weighted by atomic mass is 10.0. The van der Waals surface area contributed by atoms with Crippen LogP contribution in [0.25, 0.3) is 0 Å². The summed E-state index contributed by atoms with van der Waals surface area (Å²) in [6.07, 6.45) is 0. The molecule has 7 nitrogen and oxygen atoms in total. The number of non-ortho nitro benzene ring substituents is 1. The number of halogens is 1. The van der Waals surface area contributed by atoms with E-state index in [2.05, 4.69) is 28.6 Å². The SMILES string of the molecule is CCNC(=NCc1ccc([N+](=O)[O-])cc1)NC(C)c1cc(C)ccc1OC.I. The summed E-state index contributed by atoms with van der Waals surface area (Å²) in [5.74, 6) is 1.50. The molecular weight excluding hydrogens is 471 g/mol. The summed E-state index contributed by atoms with van der Waals surface area (Å²) in [5.41, 5.74) is 3.19. The quantitative estimate of drug-likeness (QED) is 0.195. The number of benzene rings is 2. The average molecular weight is 498 g/mol. The molecule has 2 aromatic carbocycles. The summed E-state index contributed by atoms with van der Waals surface area (Å²) >= 11 is 0. The number of methoxy groups -OCH3 is 1. The third-order valence-electron chi connectivity index (χ3n) is 4.12. The lowest BCUT2D eigenvalue weighted by Gasteiger charge is -2.20. The molecule has 0 fully saturated rings. The van der Waals surface area contributed by atoms with E-state index in [0.717, 1.165) is 29.0 Å². The fourth-order valence-corrected chi connectivity index (χ4v) is 2.69. The maximum atomic E-state index is 10.7. The van der Waals surface area contributed by atoms with Gasteiger partial charge in [0.1, 0.15) is 5.75 Å². The second-order valence-corrected chi connectivity index (χ2v) is 6.23. The first-order valence-electron chi connectivity index (χ1n) is 8.87. The van der Waals surface area contributed by atoms with Crippen LogP contribution in [0.4, 0.5) is 5.69 Å². The van der Waals surface area contributed by atoms with E-state index in [1.165, 1.54) is 12.1 Å². The van der Waals surface area contributed by atoms with Gasteiger partial charge in [-0.05, 0) is 32.4 Å². The summed E-state index contributed by atoms with van der Waals surface area (Å²) in [7, 11) is 1.66. The highest BCUT2D eigenvalue weighted by Gasteiger charge is 2.13. The van der Waals surface area contributed by atoms with Crippen molar-refractivity contribution in [3.05, 3.63) is 69.3 Å². The Balaban J connectivity index is 0.00000392. The van der Waals surface area contributed by atoms with Crippen molar-refractivity contribution in [3.63, 3.8) is 0 Å². The molecule has 0 radical (unpaired) electrons. The molecule has 1 atom stereocenters. The zero-order chi connectivity index (χ0) is 19.8. The highest BCUT2D eigenvalue weighted by molar-refractivity contribution is 14.0. The van der Waals surface area contributed by atoms with E-state index in [9.17, 15) is 10.1 Å². The van der Waals surface area contributed by atoms with Gasteiger partial charge in [0.2, 0.25) is 0 Å². The van der Waals surface area contributed by atoms with Crippen LogP contribution in [0.2, 0.25) is 0 Å². The van der Waals surface area contributed by atoms with Crippen molar-refractivity contribution in [1.82, 2.24) is 10.6 Å². The van der Waals surface area contributed by atoms with Crippen LogP contribution in [0.15, 0.2) is 47.5 Å². The Kier molecular flexibility index (Phi) is 9.70. The van der Waals surface area contributed by atoms with Crippen LogP contribution in [0, 0.1) is 17.0 Å². The second kappa shape index (κ2) is 11.5. The smallest absolute Gasteiger partial charge is 0.269 e. The minimum Gasteiger partial charge on any atom is -0.496 e. The third-order valence-corrected chi connectivity index (χ3v) is 4.12. The van der Waals surface area contributed by atoms with Crippen molar-refractivity contribution in [2.24, 2.45) is 4.99 Å². The molecule has 0 aliphatic carbocycles. The lowest BCUT2D eigenvalue weighted by Crippen LogP contribution is -2.38. The number of rotatable bonds is 7. The molecule has 8 heteroatoms.